The van der Waals surface area contributed by atoms with E-state index in [0.717, 1.165) is 11.6 Å². The first-order chi connectivity index (χ1) is 20.3. The van der Waals surface area contributed by atoms with Gasteiger partial charge in [-0.25, -0.2) is 23.4 Å². The van der Waals surface area contributed by atoms with Gasteiger partial charge in [0.15, 0.2) is 17.3 Å². The van der Waals surface area contributed by atoms with Gasteiger partial charge in [0.2, 0.25) is 5.91 Å². The van der Waals surface area contributed by atoms with Crippen molar-refractivity contribution in [1.82, 2.24) is 24.4 Å². The third kappa shape index (κ3) is 5.12. The molecule has 2 aliphatic rings. The van der Waals surface area contributed by atoms with Gasteiger partial charge in [0.25, 0.3) is 0 Å². The number of carbonyl (C=O) groups is 2. The minimum absolute atomic E-state index is 0.0617. The van der Waals surface area contributed by atoms with Crippen LogP contribution in [0.15, 0.2) is 59.7 Å². The monoisotopic (exact) mass is 576 g/mol. The van der Waals surface area contributed by atoms with Gasteiger partial charge in [0, 0.05) is 55.3 Å². The van der Waals surface area contributed by atoms with Crippen molar-refractivity contribution in [2.24, 2.45) is 5.73 Å². The summed E-state index contributed by atoms with van der Waals surface area (Å²) in [6.07, 6.45) is 3.30. The average molecular weight is 577 g/mol. The molecular formula is C30H30F2N6O4. The second-order valence-electron chi connectivity index (χ2n) is 10.8. The summed E-state index contributed by atoms with van der Waals surface area (Å²) in [5.74, 6) is -3.13. The molecule has 1 aliphatic heterocycles. The molecule has 0 saturated carbocycles. The van der Waals surface area contributed by atoms with Crippen LogP contribution in [-0.4, -0.2) is 49.5 Å². The number of hydrogen-bond acceptors (Lipinski definition) is 6. The quantitative estimate of drug-likeness (QED) is 0.337. The lowest BCUT2D eigenvalue weighted by molar-refractivity contribution is -0.133. The van der Waals surface area contributed by atoms with Gasteiger partial charge in [-0.3, -0.25) is 19.3 Å². The lowest BCUT2D eigenvalue weighted by Crippen LogP contribution is -2.41. The van der Waals surface area contributed by atoms with Crippen molar-refractivity contribution in [3.8, 4) is 0 Å². The molecule has 0 bridgehead atoms. The molecule has 0 spiro atoms. The Kier molecular flexibility index (Phi) is 7.44. The number of aromatic amines is 1. The number of nitrogens with two attached hydrogens (primary N) is 1. The van der Waals surface area contributed by atoms with E-state index in [1.54, 1.807) is 40.1 Å². The molecule has 4 aromatic rings. The zero-order chi connectivity index (χ0) is 29.4. The summed E-state index contributed by atoms with van der Waals surface area (Å²) >= 11 is 0. The van der Waals surface area contributed by atoms with Crippen LogP contribution in [0.2, 0.25) is 0 Å². The number of amides is 2. The van der Waals surface area contributed by atoms with Gasteiger partial charge in [0.05, 0.1) is 11.2 Å². The first-order valence-corrected chi connectivity index (χ1v) is 14.0. The molecule has 42 heavy (non-hydrogen) atoms. The number of rotatable bonds is 5. The molecule has 4 heterocycles. The van der Waals surface area contributed by atoms with Crippen LogP contribution in [0.25, 0.3) is 11.2 Å². The summed E-state index contributed by atoms with van der Waals surface area (Å²) < 4.78 is 36.4. The maximum Gasteiger partial charge on any atom is 0.405 e. The summed E-state index contributed by atoms with van der Waals surface area (Å²) in [6, 6.07) is 10.9. The van der Waals surface area contributed by atoms with E-state index >= 15 is 0 Å². The van der Waals surface area contributed by atoms with Crippen LogP contribution in [0.5, 0.6) is 0 Å². The Labute approximate surface area is 239 Å². The molecule has 2 amide bonds. The normalized spacial score (nSPS) is 21.1. The molecule has 1 saturated heterocycles. The highest BCUT2D eigenvalue weighted by Crippen LogP contribution is 2.46. The second-order valence-corrected chi connectivity index (χ2v) is 10.8. The average Bonchev–Trinajstić information content (AvgIpc) is 3.25. The number of imidazole rings is 1. The number of aromatic nitrogens is 4. The Hall–Kier alpha value is -4.61. The van der Waals surface area contributed by atoms with Crippen LogP contribution in [-0.2, 0) is 9.53 Å². The Balaban J connectivity index is 1.22. The number of pyridine rings is 2. The van der Waals surface area contributed by atoms with Gasteiger partial charge in [0.1, 0.15) is 6.10 Å². The van der Waals surface area contributed by atoms with Gasteiger partial charge in [-0.2, -0.15) is 0 Å². The highest BCUT2D eigenvalue weighted by Gasteiger charge is 2.38. The minimum atomic E-state index is -1.04. The number of primary amides is 1. The standard InChI is InChI=1S/C30H30F2N6O4/c31-22-6-1-4-19(25(22)32)20-9-8-17(26-21(5-2-12-34-26)27(20)42-29(33)40)16-24(39)37-14-10-18(11-15-37)38-23-7-3-13-35-28(23)36-30(38)41/h1-7,12-13,17-18,20,27H,8-11,14-16H2,(H2,33,40)(H,35,36,41). The first kappa shape index (κ1) is 27.6. The highest BCUT2D eigenvalue weighted by molar-refractivity contribution is 5.77. The fraction of sp³-hybridized carbons (Fsp3) is 0.367. The van der Waals surface area contributed by atoms with Crippen molar-refractivity contribution in [3.63, 3.8) is 0 Å². The molecule has 3 atom stereocenters. The minimum Gasteiger partial charge on any atom is -0.441 e. The number of benzene rings is 1. The van der Waals surface area contributed by atoms with Gasteiger partial charge in [-0.15, -0.1) is 0 Å². The van der Waals surface area contributed by atoms with Crippen LogP contribution in [0.4, 0.5) is 13.6 Å². The summed E-state index contributed by atoms with van der Waals surface area (Å²) in [5.41, 5.74) is 7.63. The Bertz CT molecular complexity index is 1700. The summed E-state index contributed by atoms with van der Waals surface area (Å²) in [6.45, 7) is 0.963. The Morgan fingerprint density at radius 2 is 1.71 bits per heavy atom. The number of likely N-dealkylation sites (tertiary alicyclic amines) is 1. The SMILES string of the molecule is NC(=O)OC1c2cccnc2C(CC(=O)N2CCC(n3c(=O)[nH]c4ncccc43)CC2)CCC1c1cccc(F)c1F. The van der Waals surface area contributed by atoms with E-state index in [1.807, 2.05) is 6.07 Å². The number of halogens is 2. The van der Waals surface area contributed by atoms with E-state index in [0.29, 0.717) is 55.7 Å². The maximum atomic E-state index is 15.0. The molecule has 6 rings (SSSR count). The van der Waals surface area contributed by atoms with E-state index in [1.165, 1.54) is 12.1 Å². The van der Waals surface area contributed by atoms with Crippen LogP contribution < -0.4 is 11.4 Å². The van der Waals surface area contributed by atoms with E-state index in [2.05, 4.69) is 15.0 Å². The number of hydrogen-bond donors (Lipinski definition) is 2. The van der Waals surface area contributed by atoms with Crippen molar-refractivity contribution < 1.29 is 23.1 Å². The molecule has 218 valence electrons. The Morgan fingerprint density at radius 3 is 2.50 bits per heavy atom. The molecule has 3 aromatic heterocycles. The first-order valence-electron chi connectivity index (χ1n) is 14.0. The molecule has 12 heteroatoms. The number of fused-ring (bicyclic) bond motifs is 2. The zero-order valence-corrected chi connectivity index (χ0v) is 22.7. The molecule has 3 N–H and O–H groups in total. The van der Waals surface area contributed by atoms with Crippen LogP contribution in [0.1, 0.15) is 72.9 Å². The largest absolute Gasteiger partial charge is 0.441 e. The maximum absolute atomic E-state index is 15.0. The van der Waals surface area contributed by atoms with Crippen LogP contribution in [0.3, 0.4) is 0 Å². The molecule has 0 radical (unpaired) electrons. The fourth-order valence-electron chi connectivity index (χ4n) is 6.53. The predicted molar refractivity (Wildman–Crippen MR) is 149 cm³/mol. The third-order valence-corrected chi connectivity index (χ3v) is 8.47. The summed E-state index contributed by atoms with van der Waals surface area (Å²) in [4.78, 5) is 51.5. The van der Waals surface area contributed by atoms with Gasteiger partial charge >= 0.3 is 11.8 Å². The molecule has 10 nitrogen and oxygen atoms in total. The highest BCUT2D eigenvalue weighted by atomic mass is 19.2. The van der Waals surface area contributed by atoms with Crippen molar-refractivity contribution in [2.45, 2.75) is 56.1 Å². The van der Waals surface area contributed by atoms with E-state index in [4.69, 9.17) is 10.5 Å². The molecular weight excluding hydrogens is 546 g/mol. The number of H-pyrrole nitrogens is 1. The lowest BCUT2D eigenvalue weighted by Gasteiger charge is -2.33. The smallest absolute Gasteiger partial charge is 0.405 e. The summed E-state index contributed by atoms with van der Waals surface area (Å²) in [5, 5.41) is 0. The van der Waals surface area contributed by atoms with Crippen molar-refractivity contribution in [3.05, 3.63) is 93.8 Å². The number of nitrogens with one attached hydrogen (secondary N) is 1. The number of carbonyl (C=O) groups excluding carboxylic acids is 2. The van der Waals surface area contributed by atoms with Crippen molar-refractivity contribution in [2.75, 3.05) is 13.1 Å². The van der Waals surface area contributed by atoms with Crippen molar-refractivity contribution >= 4 is 23.2 Å². The van der Waals surface area contributed by atoms with E-state index in [-0.39, 0.29) is 35.5 Å². The van der Waals surface area contributed by atoms with Crippen molar-refractivity contribution in [1.29, 1.82) is 0 Å². The molecule has 1 fully saturated rings. The fourth-order valence-corrected chi connectivity index (χ4v) is 6.53. The second kappa shape index (κ2) is 11.3. The Morgan fingerprint density at radius 1 is 0.976 bits per heavy atom. The summed E-state index contributed by atoms with van der Waals surface area (Å²) in [7, 11) is 0. The third-order valence-electron chi connectivity index (χ3n) is 8.47. The van der Waals surface area contributed by atoms with Crippen LogP contribution in [0, 0.1) is 11.6 Å². The van der Waals surface area contributed by atoms with E-state index < -0.39 is 29.7 Å². The molecule has 1 aromatic carbocycles. The molecule has 3 unspecified atom stereocenters. The number of nitrogens with zero attached hydrogens (tertiary/aromatic N) is 4. The van der Waals surface area contributed by atoms with Gasteiger partial charge in [-0.05, 0) is 55.5 Å². The predicted octanol–water partition coefficient (Wildman–Crippen LogP) is 4.45. The topological polar surface area (TPSA) is 136 Å². The van der Waals surface area contributed by atoms with Crippen LogP contribution >= 0.6 is 0 Å². The molecule has 1 aliphatic carbocycles. The van der Waals surface area contributed by atoms with Gasteiger partial charge in [-0.1, -0.05) is 18.2 Å². The van der Waals surface area contributed by atoms with Gasteiger partial charge < -0.3 is 15.4 Å². The number of piperidine rings is 1. The lowest BCUT2D eigenvalue weighted by atomic mass is 9.87. The number of ether oxygens (including phenoxy) is 1. The zero-order valence-electron chi connectivity index (χ0n) is 22.7. The van der Waals surface area contributed by atoms with E-state index in [9.17, 15) is 23.2 Å².